The van der Waals surface area contributed by atoms with Gasteiger partial charge < -0.3 is 15.5 Å². The van der Waals surface area contributed by atoms with E-state index in [2.05, 4.69) is 10.3 Å². The molecule has 0 saturated heterocycles. The van der Waals surface area contributed by atoms with Gasteiger partial charge in [-0.3, -0.25) is 4.79 Å². The summed E-state index contributed by atoms with van der Waals surface area (Å²) in [6.07, 6.45) is -0.906. The number of amides is 1. The summed E-state index contributed by atoms with van der Waals surface area (Å²) in [6, 6.07) is 7.82. The molecule has 1 heterocycles. The lowest BCUT2D eigenvalue weighted by atomic mass is 10.3. The fraction of sp³-hybridized carbons (Fsp3) is 0.333. The first-order chi connectivity index (χ1) is 9.19. The summed E-state index contributed by atoms with van der Waals surface area (Å²) in [5, 5.41) is 20.3. The van der Waals surface area contributed by atoms with Gasteiger partial charge in [0.05, 0.1) is 28.7 Å². The van der Waals surface area contributed by atoms with Crippen LogP contribution in [0, 0.1) is 0 Å². The minimum Gasteiger partial charge on any atom is -0.394 e. The summed E-state index contributed by atoms with van der Waals surface area (Å²) in [6.45, 7) is -0.291. The van der Waals surface area contributed by atoms with E-state index in [0.29, 0.717) is 0 Å². The molecule has 0 aliphatic rings. The van der Waals surface area contributed by atoms with E-state index in [4.69, 9.17) is 10.2 Å². The van der Waals surface area contributed by atoms with Crippen molar-refractivity contribution in [3.63, 3.8) is 0 Å². The Bertz CT molecular complexity index is 526. The molecule has 2 rings (SSSR count). The number of rotatable bonds is 6. The van der Waals surface area contributed by atoms with Gasteiger partial charge in [-0.05, 0) is 12.1 Å². The first kappa shape index (κ1) is 14.3. The van der Waals surface area contributed by atoms with Crippen LogP contribution in [0.5, 0.6) is 0 Å². The summed E-state index contributed by atoms with van der Waals surface area (Å²) in [5.41, 5.74) is 0.936. The maximum atomic E-state index is 11.5. The van der Waals surface area contributed by atoms with Crippen LogP contribution in [0.15, 0.2) is 28.6 Å². The molecule has 0 fully saturated rings. The largest absolute Gasteiger partial charge is 0.394 e. The molecule has 0 aliphatic heterocycles. The highest BCUT2D eigenvalue weighted by molar-refractivity contribution is 8.01. The van der Waals surface area contributed by atoms with Crippen LogP contribution in [0.1, 0.15) is 0 Å². The third kappa shape index (κ3) is 4.17. The third-order valence-corrected chi connectivity index (χ3v) is 4.53. The van der Waals surface area contributed by atoms with Crippen LogP contribution in [-0.2, 0) is 4.79 Å². The molecule has 1 unspecified atom stereocenters. The Morgan fingerprint density at radius 2 is 2.26 bits per heavy atom. The van der Waals surface area contributed by atoms with Crippen LogP contribution in [0.2, 0.25) is 0 Å². The number of benzene rings is 1. The molecular formula is C12H14N2O3S2. The second-order valence-corrected chi connectivity index (χ2v) is 6.13. The quantitative estimate of drug-likeness (QED) is 0.689. The van der Waals surface area contributed by atoms with Gasteiger partial charge in [0.2, 0.25) is 5.91 Å². The van der Waals surface area contributed by atoms with Crippen LogP contribution in [0.4, 0.5) is 0 Å². The van der Waals surface area contributed by atoms with Crippen molar-refractivity contribution in [1.82, 2.24) is 10.3 Å². The lowest BCUT2D eigenvalue weighted by Gasteiger charge is -2.07. The normalized spacial score (nSPS) is 12.5. The van der Waals surface area contributed by atoms with Gasteiger partial charge in [-0.1, -0.05) is 23.9 Å². The molecule has 0 bridgehead atoms. The Morgan fingerprint density at radius 3 is 3.00 bits per heavy atom. The maximum absolute atomic E-state index is 11.5. The van der Waals surface area contributed by atoms with Crippen molar-refractivity contribution < 1.29 is 15.0 Å². The van der Waals surface area contributed by atoms with Gasteiger partial charge in [0.1, 0.15) is 0 Å². The molecule has 19 heavy (non-hydrogen) atoms. The number of thiazole rings is 1. The number of para-hydroxylation sites is 1. The monoisotopic (exact) mass is 298 g/mol. The molecule has 0 saturated carbocycles. The maximum Gasteiger partial charge on any atom is 0.230 e. The molecule has 102 valence electrons. The van der Waals surface area contributed by atoms with Gasteiger partial charge in [0.25, 0.3) is 0 Å². The molecule has 1 atom stereocenters. The molecule has 1 aromatic heterocycles. The van der Waals surface area contributed by atoms with Gasteiger partial charge in [0, 0.05) is 6.54 Å². The van der Waals surface area contributed by atoms with E-state index in [0.717, 1.165) is 14.6 Å². The summed E-state index contributed by atoms with van der Waals surface area (Å²) in [4.78, 5) is 15.9. The van der Waals surface area contributed by atoms with Gasteiger partial charge in [-0.25, -0.2) is 4.98 Å². The molecule has 1 amide bonds. The SMILES string of the molecule is O=C(CSc1nc2ccccc2s1)NCC(O)CO. The van der Waals surface area contributed by atoms with E-state index in [-0.39, 0.29) is 24.8 Å². The second kappa shape index (κ2) is 6.85. The van der Waals surface area contributed by atoms with Gasteiger partial charge in [-0.2, -0.15) is 0 Å². The Morgan fingerprint density at radius 1 is 1.47 bits per heavy atom. The molecule has 0 radical (unpaired) electrons. The molecule has 0 spiro atoms. The van der Waals surface area contributed by atoms with Crippen molar-refractivity contribution in [1.29, 1.82) is 0 Å². The lowest BCUT2D eigenvalue weighted by molar-refractivity contribution is -0.119. The van der Waals surface area contributed by atoms with E-state index < -0.39 is 6.10 Å². The van der Waals surface area contributed by atoms with Gasteiger partial charge in [-0.15, -0.1) is 11.3 Å². The molecule has 0 aliphatic carbocycles. The van der Waals surface area contributed by atoms with E-state index in [1.807, 2.05) is 24.3 Å². The molecular weight excluding hydrogens is 284 g/mol. The van der Waals surface area contributed by atoms with Crippen molar-refractivity contribution in [3.05, 3.63) is 24.3 Å². The first-order valence-corrected chi connectivity index (χ1v) is 7.53. The van der Waals surface area contributed by atoms with Crippen molar-refractivity contribution in [2.45, 2.75) is 10.4 Å². The van der Waals surface area contributed by atoms with Gasteiger partial charge in [0.15, 0.2) is 4.34 Å². The Balaban J connectivity index is 1.83. The molecule has 2 aromatic rings. The highest BCUT2D eigenvalue weighted by atomic mass is 32.2. The van der Waals surface area contributed by atoms with E-state index in [1.165, 1.54) is 11.8 Å². The number of carbonyl (C=O) groups excluding carboxylic acids is 1. The lowest BCUT2D eigenvalue weighted by Crippen LogP contribution is -2.34. The summed E-state index contributed by atoms with van der Waals surface area (Å²) in [7, 11) is 0. The minimum atomic E-state index is -0.906. The number of hydrogen-bond acceptors (Lipinski definition) is 6. The Labute approximate surface area is 118 Å². The summed E-state index contributed by atoms with van der Waals surface area (Å²) >= 11 is 2.92. The number of aliphatic hydroxyl groups excluding tert-OH is 2. The van der Waals surface area contributed by atoms with Crippen molar-refractivity contribution in [2.24, 2.45) is 0 Å². The van der Waals surface area contributed by atoms with Crippen LogP contribution < -0.4 is 5.32 Å². The number of hydrogen-bond donors (Lipinski definition) is 3. The van der Waals surface area contributed by atoms with Crippen molar-refractivity contribution >= 4 is 39.2 Å². The first-order valence-electron chi connectivity index (χ1n) is 5.73. The van der Waals surface area contributed by atoms with Crippen LogP contribution in [0.25, 0.3) is 10.2 Å². The average Bonchev–Trinajstić information content (AvgIpc) is 2.85. The fourth-order valence-electron chi connectivity index (χ4n) is 1.39. The van der Waals surface area contributed by atoms with E-state index in [9.17, 15) is 4.79 Å². The number of carbonyl (C=O) groups is 1. The van der Waals surface area contributed by atoms with E-state index >= 15 is 0 Å². The third-order valence-electron chi connectivity index (χ3n) is 2.35. The summed E-state index contributed by atoms with van der Waals surface area (Å²) in [5.74, 6) is 0.0644. The number of nitrogens with one attached hydrogen (secondary N) is 1. The summed E-state index contributed by atoms with van der Waals surface area (Å²) < 4.78 is 1.94. The van der Waals surface area contributed by atoms with E-state index in [1.54, 1.807) is 11.3 Å². The molecule has 1 aromatic carbocycles. The zero-order valence-corrected chi connectivity index (χ0v) is 11.7. The predicted molar refractivity (Wildman–Crippen MR) is 76.4 cm³/mol. The number of thioether (sulfide) groups is 1. The van der Waals surface area contributed by atoms with Crippen molar-refractivity contribution in [3.8, 4) is 0 Å². The zero-order valence-electron chi connectivity index (χ0n) is 10.1. The standard InChI is InChI=1S/C12H14N2O3S2/c15-6-8(16)5-13-11(17)7-18-12-14-9-3-1-2-4-10(9)19-12/h1-4,8,15-16H,5-7H2,(H,13,17). The predicted octanol–water partition coefficient (Wildman–Crippen LogP) is 0.858. The highest BCUT2D eigenvalue weighted by Crippen LogP contribution is 2.28. The van der Waals surface area contributed by atoms with Crippen LogP contribution >= 0.6 is 23.1 Å². The Kier molecular flexibility index (Phi) is 5.15. The van der Waals surface area contributed by atoms with Crippen LogP contribution in [-0.4, -0.2) is 46.1 Å². The van der Waals surface area contributed by atoms with Gasteiger partial charge >= 0.3 is 0 Å². The molecule has 7 heteroatoms. The number of fused-ring (bicyclic) bond motifs is 1. The smallest absolute Gasteiger partial charge is 0.230 e. The average molecular weight is 298 g/mol. The highest BCUT2D eigenvalue weighted by Gasteiger charge is 2.09. The topological polar surface area (TPSA) is 82.5 Å². The van der Waals surface area contributed by atoms with Crippen molar-refractivity contribution in [2.75, 3.05) is 18.9 Å². The number of aliphatic hydroxyl groups is 2. The second-order valence-electron chi connectivity index (χ2n) is 3.88. The Hall–Kier alpha value is -1.15. The molecule has 5 nitrogen and oxygen atoms in total. The molecule has 3 N–H and O–H groups in total. The number of nitrogens with zero attached hydrogens (tertiary/aromatic N) is 1. The minimum absolute atomic E-state index is 0.0652. The van der Waals surface area contributed by atoms with Crippen LogP contribution in [0.3, 0.4) is 0 Å². The number of aromatic nitrogens is 1. The zero-order chi connectivity index (χ0) is 13.7. The fourth-order valence-corrected chi connectivity index (χ4v) is 3.29.